The van der Waals surface area contributed by atoms with Crippen LogP contribution in [0.1, 0.15) is 6.92 Å². The molecule has 1 aromatic rings. The third kappa shape index (κ3) is 3.27. The predicted molar refractivity (Wildman–Crippen MR) is 60.4 cm³/mol. The molecule has 0 saturated carbocycles. The first-order valence-electron chi connectivity index (χ1n) is 4.91. The van der Waals surface area contributed by atoms with Crippen molar-refractivity contribution in [2.75, 3.05) is 18.6 Å². The molecule has 0 fully saturated rings. The number of nitrogens with zero attached hydrogens (tertiary/aromatic N) is 1. The van der Waals surface area contributed by atoms with E-state index in [0.29, 0.717) is 5.69 Å². The Morgan fingerprint density at radius 2 is 1.94 bits per heavy atom. The van der Waals surface area contributed by atoms with Gasteiger partial charge in [-0.1, -0.05) is 18.2 Å². The van der Waals surface area contributed by atoms with Gasteiger partial charge in [0.15, 0.2) is 0 Å². The van der Waals surface area contributed by atoms with Gasteiger partial charge in [-0.05, 0) is 19.1 Å². The Labute approximate surface area is 94.0 Å². The summed E-state index contributed by atoms with van der Waals surface area (Å²) in [6, 6.07) is 8.48. The second-order valence-corrected chi connectivity index (χ2v) is 3.05. The molecule has 1 aromatic carbocycles. The van der Waals surface area contributed by atoms with Crippen molar-refractivity contribution in [3.05, 3.63) is 30.3 Å². The molecule has 0 aliphatic rings. The van der Waals surface area contributed by atoms with E-state index in [1.165, 1.54) is 4.90 Å². The van der Waals surface area contributed by atoms with Crippen molar-refractivity contribution in [2.45, 2.75) is 6.92 Å². The lowest BCUT2D eigenvalue weighted by Crippen LogP contribution is -2.41. The largest absolute Gasteiger partial charge is 0.450 e. The molecule has 0 aromatic heterocycles. The number of ether oxygens (including phenoxy) is 1. The van der Waals surface area contributed by atoms with Gasteiger partial charge in [-0.2, -0.15) is 0 Å². The van der Waals surface area contributed by atoms with Gasteiger partial charge in [-0.25, -0.2) is 14.9 Å². The van der Waals surface area contributed by atoms with E-state index in [1.807, 2.05) is 18.2 Å². The van der Waals surface area contributed by atoms with Crippen LogP contribution in [0.4, 0.5) is 15.3 Å². The number of anilines is 1. The van der Waals surface area contributed by atoms with Crippen LogP contribution in [0.2, 0.25) is 0 Å². The number of benzene rings is 1. The predicted octanol–water partition coefficient (Wildman–Crippen LogP) is 1.99. The number of urea groups is 1. The van der Waals surface area contributed by atoms with E-state index in [-0.39, 0.29) is 6.61 Å². The molecule has 0 unspecified atom stereocenters. The number of alkyl carbamates (subject to hydrolysis) is 1. The highest BCUT2D eigenvalue weighted by Gasteiger charge is 2.13. The van der Waals surface area contributed by atoms with E-state index in [0.717, 1.165) is 0 Å². The zero-order valence-corrected chi connectivity index (χ0v) is 9.27. The summed E-state index contributed by atoms with van der Waals surface area (Å²) >= 11 is 0. The maximum absolute atomic E-state index is 11.5. The molecule has 5 nitrogen and oxygen atoms in total. The molecule has 1 rings (SSSR count). The first kappa shape index (κ1) is 12.0. The van der Waals surface area contributed by atoms with Gasteiger partial charge in [0.05, 0.1) is 6.61 Å². The van der Waals surface area contributed by atoms with Gasteiger partial charge in [0, 0.05) is 12.7 Å². The number of nitrogens with one attached hydrogen (secondary N) is 1. The number of carbonyl (C=O) groups excluding carboxylic acids is 2. The highest BCUT2D eigenvalue weighted by molar-refractivity contribution is 6.00. The molecule has 16 heavy (non-hydrogen) atoms. The zero-order valence-electron chi connectivity index (χ0n) is 9.27. The lowest BCUT2D eigenvalue weighted by Gasteiger charge is -2.16. The Balaban J connectivity index is 2.58. The Morgan fingerprint density at radius 1 is 1.31 bits per heavy atom. The van der Waals surface area contributed by atoms with E-state index in [9.17, 15) is 9.59 Å². The summed E-state index contributed by atoms with van der Waals surface area (Å²) in [7, 11) is 1.57. The number of rotatable bonds is 2. The molecule has 1 N–H and O–H groups in total. The summed E-state index contributed by atoms with van der Waals surface area (Å²) in [4.78, 5) is 23.9. The summed E-state index contributed by atoms with van der Waals surface area (Å²) in [6.07, 6.45) is -0.740. The van der Waals surface area contributed by atoms with Gasteiger partial charge in [0.25, 0.3) is 0 Å². The highest BCUT2D eigenvalue weighted by Crippen LogP contribution is 2.10. The van der Waals surface area contributed by atoms with Gasteiger partial charge < -0.3 is 4.74 Å². The maximum atomic E-state index is 11.5. The number of hydrogen-bond acceptors (Lipinski definition) is 3. The van der Waals surface area contributed by atoms with Gasteiger partial charge in [-0.3, -0.25) is 4.90 Å². The maximum Gasteiger partial charge on any atom is 0.415 e. The van der Waals surface area contributed by atoms with Gasteiger partial charge in [0.1, 0.15) is 0 Å². The van der Waals surface area contributed by atoms with Crippen molar-refractivity contribution in [3.8, 4) is 0 Å². The molecule has 0 aliphatic heterocycles. The molecule has 0 aliphatic carbocycles. The SMILES string of the molecule is CCOC(=O)NC(=O)N(C)c1ccccc1. The van der Waals surface area contributed by atoms with Crippen LogP contribution in [-0.2, 0) is 4.74 Å². The summed E-state index contributed by atoms with van der Waals surface area (Å²) in [5.41, 5.74) is 0.698. The molecule has 0 spiro atoms. The Hall–Kier alpha value is -2.04. The molecular formula is C11H14N2O3. The summed E-state index contributed by atoms with van der Waals surface area (Å²) in [6.45, 7) is 1.90. The summed E-state index contributed by atoms with van der Waals surface area (Å²) < 4.78 is 4.60. The fourth-order valence-electron chi connectivity index (χ4n) is 1.11. The summed E-state index contributed by atoms with van der Waals surface area (Å²) in [5, 5.41) is 2.10. The normalized spacial score (nSPS) is 9.38. The first-order chi connectivity index (χ1) is 7.65. The third-order valence-electron chi connectivity index (χ3n) is 1.93. The highest BCUT2D eigenvalue weighted by atomic mass is 16.5. The van der Waals surface area contributed by atoms with Gasteiger partial charge in [0.2, 0.25) is 0 Å². The second kappa shape index (κ2) is 5.75. The van der Waals surface area contributed by atoms with Gasteiger partial charge in [-0.15, -0.1) is 0 Å². The number of hydrogen-bond donors (Lipinski definition) is 1. The van der Waals surface area contributed by atoms with Crippen molar-refractivity contribution >= 4 is 17.8 Å². The molecule has 0 atom stereocenters. The van der Waals surface area contributed by atoms with Crippen molar-refractivity contribution < 1.29 is 14.3 Å². The number of imide groups is 1. The minimum atomic E-state index is -0.740. The van der Waals surface area contributed by atoms with Gasteiger partial charge >= 0.3 is 12.1 Å². The van der Waals surface area contributed by atoms with E-state index >= 15 is 0 Å². The lowest BCUT2D eigenvalue weighted by molar-refractivity contribution is 0.153. The standard InChI is InChI=1S/C11H14N2O3/c1-3-16-11(15)12-10(14)13(2)9-7-5-4-6-8-9/h4-8H,3H2,1-2H3,(H,12,14,15). The summed E-state index contributed by atoms with van der Waals surface area (Å²) in [5.74, 6) is 0. The Bertz CT molecular complexity index is 365. The average molecular weight is 222 g/mol. The van der Waals surface area contributed by atoms with Crippen LogP contribution in [0.25, 0.3) is 0 Å². The van der Waals surface area contributed by atoms with E-state index < -0.39 is 12.1 Å². The molecule has 5 heteroatoms. The van der Waals surface area contributed by atoms with Crippen LogP contribution in [0.5, 0.6) is 0 Å². The lowest BCUT2D eigenvalue weighted by atomic mass is 10.3. The second-order valence-electron chi connectivity index (χ2n) is 3.05. The van der Waals surface area contributed by atoms with E-state index in [4.69, 9.17) is 0 Å². The van der Waals surface area contributed by atoms with Crippen LogP contribution < -0.4 is 10.2 Å². The number of para-hydroxylation sites is 1. The van der Waals surface area contributed by atoms with Crippen molar-refractivity contribution in [3.63, 3.8) is 0 Å². The molecule has 0 bridgehead atoms. The van der Waals surface area contributed by atoms with Crippen molar-refractivity contribution in [1.29, 1.82) is 0 Å². The minimum absolute atomic E-state index is 0.230. The monoisotopic (exact) mass is 222 g/mol. The van der Waals surface area contributed by atoms with Crippen LogP contribution >= 0.6 is 0 Å². The van der Waals surface area contributed by atoms with Crippen molar-refractivity contribution in [2.24, 2.45) is 0 Å². The average Bonchev–Trinajstić information content (AvgIpc) is 2.29. The van der Waals surface area contributed by atoms with Crippen LogP contribution in [-0.4, -0.2) is 25.8 Å². The Kier molecular flexibility index (Phi) is 4.32. The molecule has 0 heterocycles. The Morgan fingerprint density at radius 3 is 2.50 bits per heavy atom. The molecule has 0 radical (unpaired) electrons. The minimum Gasteiger partial charge on any atom is -0.450 e. The topological polar surface area (TPSA) is 58.6 Å². The zero-order chi connectivity index (χ0) is 12.0. The van der Waals surface area contributed by atoms with Crippen LogP contribution in [0.3, 0.4) is 0 Å². The van der Waals surface area contributed by atoms with E-state index in [1.54, 1.807) is 26.1 Å². The quantitative estimate of drug-likeness (QED) is 0.832. The molecule has 0 saturated heterocycles. The molecule has 3 amide bonds. The molecular weight excluding hydrogens is 208 g/mol. The van der Waals surface area contributed by atoms with Crippen LogP contribution in [0, 0.1) is 0 Å². The number of amides is 3. The van der Waals surface area contributed by atoms with Crippen LogP contribution in [0.15, 0.2) is 30.3 Å². The smallest absolute Gasteiger partial charge is 0.415 e. The third-order valence-corrected chi connectivity index (χ3v) is 1.93. The van der Waals surface area contributed by atoms with Crippen molar-refractivity contribution in [1.82, 2.24) is 5.32 Å². The molecule has 86 valence electrons. The number of carbonyl (C=O) groups is 2. The fourth-order valence-corrected chi connectivity index (χ4v) is 1.11. The van der Waals surface area contributed by atoms with E-state index in [2.05, 4.69) is 10.1 Å². The fraction of sp³-hybridized carbons (Fsp3) is 0.273. The first-order valence-corrected chi connectivity index (χ1v) is 4.91.